The predicted octanol–water partition coefficient (Wildman–Crippen LogP) is 0.586. The number of H-pyrrole nitrogens is 1. The third-order valence-electron chi connectivity index (χ3n) is 2.86. The highest BCUT2D eigenvalue weighted by Gasteiger charge is 2.21. The summed E-state index contributed by atoms with van der Waals surface area (Å²) in [5.74, 6) is -1.86. The van der Waals surface area contributed by atoms with Gasteiger partial charge < -0.3 is 20.7 Å². The first kappa shape index (κ1) is 15.7. The number of hydrogen-bond acceptors (Lipinski definition) is 3. The molecule has 2 amide bonds. The van der Waals surface area contributed by atoms with Crippen LogP contribution in [-0.2, 0) is 4.79 Å². The minimum absolute atomic E-state index is 0.0110. The van der Waals surface area contributed by atoms with Gasteiger partial charge in [-0.25, -0.2) is 4.79 Å². The molecular formula is C13H19N3O4. The molecule has 0 saturated heterocycles. The van der Waals surface area contributed by atoms with Gasteiger partial charge in [0, 0.05) is 12.2 Å². The minimum Gasteiger partial charge on any atom is -0.477 e. The van der Waals surface area contributed by atoms with E-state index in [4.69, 9.17) is 5.11 Å². The molecule has 7 nitrogen and oxygen atoms in total. The van der Waals surface area contributed by atoms with Crippen LogP contribution in [0, 0.1) is 13.8 Å². The van der Waals surface area contributed by atoms with Crippen LogP contribution in [0.2, 0.25) is 0 Å². The summed E-state index contributed by atoms with van der Waals surface area (Å²) >= 11 is 0. The van der Waals surface area contributed by atoms with E-state index in [2.05, 4.69) is 15.6 Å². The van der Waals surface area contributed by atoms with Crippen LogP contribution in [0.3, 0.4) is 0 Å². The maximum atomic E-state index is 12.0. The van der Waals surface area contributed by atoms with Gasteiger partial charge >= 0.3 is 5.97 Å². The van der Waals surface area contributed by atoms with Crippen molar-refractivity contribution in [2.75, 3.05) is 13.1 Å². The van der Waals surface area contributed by atoms with Crippen LogP contribution in [0.15, 0.2) is 0 Å². The number of carboxylic acids is 1. The lowest BCUT2D eigenvalue weighted by molar-refractivity contribution is -0.120. The maximum absolute atomic E-state index is 12.0. The van der Waals surface area contributed by atoms with Crippen molar-refractivity contribution in [3.63, 3.8) is 0 Å². The number of hydrogen-bond donors (Lipinski definition) is 4. The molecule has 0 aliphatic carbocycles. The second-order valence-electron chi connectivity index (χ2n) is 4.46. The Kier molecular flexibility index (Phi) is 5.31. The molecule has 7 heteroatoms. The van der Waals surface area contributed by atoms with Crippen molar-refractivity contribution in [2.45, 2.75) is 27.2 Å². The molecule has 0 fully saturated rings. The summed E-state index contributed by atoms with van der Waals surface area (Å²) in [4.78, 5) is 37.0. The second-order valence-corrected chi connectivity index (χ2v) is 4.46. The Morgan fingerprint density at radius 2 is 1.85 bits per heavy atom. The number of nitrogens with one attached hydrogen (secondary N) is 3. The zero-order chi connectivity index (χ0) is 15.3. The highest BCUT2D eigenvalue weighted by atomic mass is 16.4. The van der Waals surface area contributed by atoms with Crippen molar-refractivity contribution < 1.29 is 19.5 Å². The van der Waals surface area contributed by atoms with E-state index >= 15 is 0 Å². The lowest BCUT2D eigenvalue weighted by Gasteiger charge is -2.06. The summed E-state index contributed by atoms with van der Waals surface area (Å²) in [6, 6.07) is 0. The Morgan fingerprint density at radius 1 is 1.20 bits per heavy atom. The van der Waals surface area contributed by atoms with Crippen LogP contribution in [0.25, 0.3) is 0 Å². The molecule has 0 bridgehead atoms. The number of aryl methyl sites for hydroxylation is 1. The van der Waals surface area contributed by atoms with Crippen molar-refractivity contribution in [3.8, 4) is 0 Å². The number of aromatic nitrogens is 1. The van der Waals surface area contributed by atoms with E-state index in [1.54, 1.807) is 13.8 Å². The standard InChI is InChI=1S/C13H19N3O4/c1-4-5-14-9(17)6-15-12(18)10-7(2)11(13(19)20)16-8(10)3/h16H,4-6H2,1-3H3,(H,14,17)(H,15,18)(H,19,20). The molecule has 1 heterocycles. The zero-order valence-electron chi connectivity index (χ0n) is 11.8. The quantitative estimate of drug-likeness (QED) is 0.611. The van der Waals surface area contributed by atoms with Crippen molar-refractivity contribution >= 4 is 17.8 Å². The van der Waals surface area contributed by atoms with Gasteiger partial charge in [-0.15, -0.1) is 0 Å². The molecule has 110 valence electrons. The molecule has 1 aromatic rings. The maximum Gasteiger partial charge on any atom is 0.352 e. The summed E-state index contributed by atoms with van der Waals surface area (Å²) in [5.41, 5.74) is 1.08. The van der Waals surface area contributed by atoms with Gasteiger partial charge in [-0.1, -0.05) is 6.92 Å². The molecule has 20 heavy (non-hydrogen) atoms. The summed E-state index contributed by atoms with van der Waals surface area (Å²) in [7, 11) is 0. The number of rotatable bonds is 6. The molecule has 0 spiro atoms. The first-order valence-electron chi connectivity index (χ1n) is 6.35. The van der Waals surface area contributed by atoms with E-state index in [0.29, 0.717) is 17.8 Å². The fourth-order valence-corrected chi connectivity index (χ4v) is 1.88. The van der Waals surface area contributed by atoms with Gasteiger partial charge in [0.05, 0.1) is 12.1 Å². The van der Waals surface area contributed by atoms with Crippen LogP contribution in [0.1, 0.15) is 45.4 Å². The molecule has 0 atom stereocenters. The fourth-order valence-electron chi connectivity index (χ4n) is 1.88. The average molecular weight is 281 g/mol. The van der Waals surface area contributed by atoms with Crippen molar-refractivity contribution in [2.24, 2.45) is 0 Å². The summed E-state index contributed by atoms with van der Waals surface area (Å²) in [5, 5.41) is 14.1. The summed E-state index contributed by atoms with van der Waals surface area (Å²) < 4.78 is 0. The number of aromatic carboxylic acids is 1. The molecule has 1 rings (SSSR count). The molecule has 0 aromatic carbocycles. The lowest BCUT2D eigenvalue weighted by atomic mass is 10.1. The van der Waals surface area contributed by atoms with Crippen LogP contribution >= 0.6 is 0 Å². The van der Waals surface area contributed by atoms with Gasteiger partial charge in [0.25, 0.3) is 5.91 Å². The Balaban J connectivity index is 2.73. The van der Waals surface area contributed by atoms with Crippen molar-refractivity contribution in [3.05, 3.63) is 22.5 Å². The van der Waals surface area contributed by atoms with E-state index in [0.717, 1.165) is 6.42 Å². The van der Waals surface area contributed by atoms with Crippen molar-refractivity contribution in [1.29, 1.82) is 0 Å². The average Bonchev–Trinajstić information content (AvgIpc) is 2.69. The summed E-state index contributed by atoms with van der Waals surface area (Å²) in [6.45, 7) is 5.52. The number of amides is 2. The van der Waals surface area contributed by atoms with E-state index in [1.807, 2.05) is 6.92 Å². The SMILES string of the molecule is CCCNC(=O)CNC(=O)c1c(C)[nH]c(C(=O)O)c1C. The van der Waals surface area contributed by atoms with Gasteiger partial charge in [0.2, 0.25) is 5.91 Å². The van der Waals surface area contributed by atoms with Crippen LogP contribution in [0.5, 0.6) is 0 Å². The predicted molar refractivity (Wildman–Crippen MR) is 72.9 cm³/mol. The van der Waals surface area contributed by atoms with E-state index in [1.165, 1.54) is 0 Å². The first-order valence-corrected chi connectivity index (χ1v) is 6.35. The van der Waals surface area contributed by atoms with Crippen LogP contribution in [0.4, 0.5) is 0 Å². The topological polar surface area (TPSA) is 111 Å². The Hall–Kier alpha value is -2.31. The van der Waals surface area contributed by atoms with Gasteiger partial charge in [0.15, 0.2) is 0 Å². The number of aromatic amines is 1. The second kappa shape index (κ2) is 6.74. The monoisotopic (exact) mass is 281 g/mol. The molecule has 0 unspecified atom stereocenters. The highest BCUT2D eigenvalue weighted by Crippen LogP contribution is 2.17. The van der Waals surface area contributed by atoms with E-state index < -0.39 is 11.9 Å². The van der Waals surface area contributed by atoms with Gasteiger partial charge in [-0.2, -0.15) is 0 Å². The highest BCUT2D eigenvalue weighted by molar-refractivity contribution is 6.01. The van der Waals surface area contributed by atoms with Gasteiger partial charge in [-0.3, -0.25) is 9.59 Å². The van der Waals surface area contributed by atoms with Crippen LogP contribution in [-0.4, -0.2) is 41.0 Å². The Bertz CT molecular complexity index is 534. The first-order chi connectivity index (χ1) is 9.38. The van der Waals surface area contributed by atoms with Crippen molar-refractivity contribution in [1.82, 2.24) is 15.6 Å². The van der Waals surface area contributed by atoms with Crippen LogP contribution < -0.4 is 10.6 Å². The third kappa shape index (κ3) is 3.59. The molecule has 0 saturated carbocycles. The lowest BCUT2D eigenvalue weighted by Crippen LogP contribution is -2.37. The molecular weight excluding hydrogens is 262 g/mol. The third-order valence-corrected chi connectivity index (χ3v) is 2.86. The zero-order valence-corrected chi connectivity index (χ0v) is 11.8. The largest absolute Gasteiger partial charge is 0.477 e. The molecule has 0 aliphatic rings. The fraction of sp³-hybridized carbons (Fsp3) is 0.462. The van der Waals surface area contributed by atoms with E-state index in [9.17, 15) is 14.4 Å². The molecule has 1 aromatic heterocycles. The number of carbonyl (C=O) groups is 3. The van der Waals surface area contributed by atoms with Gasteiger partial charge in [0.1, 0.15) is 5.69 Å². The number of carboxylic acid groups (broad SMARTS) is 1. The smallest absolute Gasteiger partial charge is 0.352 e. The minimum atomic E-state index is -1.12. The van der Waals surface area contributed by atoms with E-state index in [-0.39, 0.29) is 23.7 Å². The Morgan fingerprint density at radius 3 is 2.35 bits per heavy atom. The molecule has 4 N–H and O–H groups in total. The normalized spacial score (nSPS) is 10.2. The van der Waals surface area contributed by atoms with Gasteiger partial charge in [-0.05, 0) is 25.8 Å². The molecule has 0 radical (unpaired) electrons. The molecule has 0 aliphatic heterocycles. The summed E-state index contributed by atoms with van der Waals surface area (Å²) in [6.07, 6.45) is 0.817. The Labute approximate surface area is 116 Å². The number of carbonyl (C=O) groups excluding carboxylic acids is 2.